The number of pyridine rings is 1. The highest BCUT2D eigenvalue weighted by Crippen LogP contribution is 2.32. The number of aromatic nitrogens is 1. The van der Waals surface area contributed by atoms with Crippen molar-refractivity contribution >= 4 is 22.5 Å². The van der Waals surface area contributed by atoms with Crippen LogP contribution in [-0.2, 0) is 6.54 Å². The molecule has 3 nitrogen and oxygen atoms in total. The standard InChI is InChI=1S/C15H17ClN2O/c16-13-5-4-11(14-12(13)3-1-8-17-14)9-18-15(10-19)6-2-7-15/h1,3-5,8,18-19H,2,6-7,9-10H2. The fraction of sp³-hybridized carbons (Fsp3) is 0.400. The predicted octanol–water partition coefficient (Wildman–Crippen LogP) is 2.89. The topological polar surface area (TPSA) is 45.1 Å². The molecule has 0 spiro atoms. The average Bonchev–Trinajstić information content (AvgIpc) is 2.41. The van der Waals surface area contributed by atoms with Gasteiger partial charge in [0.05, 0.1) is 12.1 Å². The lowest BCUT2D eigenvalue weighted by Crippen LogP contribution is -2.53. The van der Waals surface area contributed by atoms with Gasteiger partial charge in [-0.15, -0.1) is 0 Å². The van der Waals surface area contributed by atoms with Crippen LogP contribution in [-0.4, -0.2) is 22.2 Å². The minimum atomic E-state index is -0.0826. The van der Waals surface area contributed by atoms with E-state index < -0.39 is 0 Å². The van der Waals surface area contributed by atoms with Crippen molar-refractivity contribution in [2.75, 3.05) is 6.61 Å². The number of hydrogen-bond donors (Lipinski definition) is 2. The maximum absolute atomic E-state index is 9.47. The summed E-state index contributed by atoms with van der Waals surface area (Å²) < 4.78 is 0. The van der Waals surface area contributed by atoms with Gasteiger partial charge in [-0.3, -0.25) is 4.98 Å². The van der Waals surface area contributed by atoms with Gasteiger partial charge in [0.1, 0.15) is 0 Å². The van der Waals surface area contributed by atoms with Gasteiger partial charge in [-0.1, -0.05) is 17.7 Å². The molecule has 2 N–H and O–H groups in total. The Morgan fingerprint density at radius 1 is 1.32 bits per heavy atom. The Morgan fingerprint density at radius 2 is 2.16 bits per heavy atom. The van der Waals surface area contributed by atoms with Crippen LogP contribution in [0.2, 0.25) is 5.02 Å². The molecule has 0 atom stereocenters. The van der Waals surface area contributed by atoms with E-state index in [-0.39, 0.29) is 12.1 Å². The van der Waals surface area contributed by atoms with Gasteiger partial charge in [-0.2, -0.15) is 0 Å². The quantitative estimate of drug-likeness (QED) is 0.903. The maximum Gasteiger partial charge on any atom is 0.0761 e. The number of aliphatic hydroxyl groups is 1. The first-order valence-corrected chi connectivity index (χ1v) is 7.00. The van der Waals surface area contributed by atoms with Crippen molar-refractivity contribution in [1.82, 2.24) is 10.3 Å². The van der Waals surface area contributed by atoms with Gasteiger partial charge in [0.2, 0.25) is 0 Å². The molecule has 0 bridgehead atoms. The second-order valence-electron chi connectivity index (χ2n) is 5.25. The molecule has 2 aromatic rings. The van der Waals surface area contributed by atoms with Gasteiger partial charge < -0.3 is 10.4 Å². The summed E-state index contributed by atoms with van der Waals surface area (Å²) in [5.41, 5.74) is 1.98. The van der Waals surface area contributed by atoms with Crippen molar-refractivity contribution in [3.8, 4) is 0 Å². The third-order valence-electron chi connectivity index (χ3n) is 4.07. The Labute approximate surface area is 117 Å². The fourth-order valence-corrected chi connectivity index (χ4v) is 2.83. The fourth-order valence-electron chi connectivity index (χ4n) is 2.62. The van der Waals surface area contributed by atoms with Crippen LogP contribution in [0.1, 0.15) is 24.8 Å². The summed E-state index contributed by atoms with van der Waals surface area (Å²) in [7, 11) is 0. The minimum absolute atomic E-state index is 0.0826. The van der Waals surface area contributed by atoms with Crippen molar-refractivity contribution in [1.29, 1.82) is 0 Å². The molecule has 0 amide bonds. The first-order valence-electron chi connectivity index (χ1n) is 6.62. The molecule has 100 valence electrons. The lowest BCUT2D eigenvalue weighted by molar-refractivity contribution is 0.0873. The second-order valence-corrected chi connectivity index (χ2v) is 5.66. The van der Waals surface area contributed by atoms with E-state index in [9.17, 15) is 5.11 Å². The van der Waals surface area contributed by atoms with Crippen molar-refractivity contribution in [2.24, 2.45) is 0 Å². The highest BCUT2D eigenvalue weighted by molar-refractivity contribution is 6.35. The zero-order chi connectivity index (χ0) is 13.3. The zero-order valence-electron chi connectivity index (χ0n) is 10.7. The normalized spacial score (nSPS) is 17.4. The maximum atomic E-state index is 9.47. The van der Waals surface area contributed by atoms with Crippen molar-refractivity contribution in [2.45, 2.75) is 31.3 Å². The van der Waals surface area contributed by atoms with Crippen molar-refractivity contribution < 1.29 is 5.11 Å². The van der Waals surface area contributed by atoms with Crippen LogP contribution in [0, 0.1) is 0 Å². The van der Waals surface area contributed by atoms with Gasteiger partial charge in [0, 0.05) is 28.7 Å². The molecule has 1 fully saturated rings. The number of benzene rings is 1. The molecule has 1 aliphatic carbocycles. The summed E-state index contributed by atoms with van der Waals surface area (Å²) >= 11 is 6.18. The van der Waals surface area contributed by atoms with Gasteiger partial charge in [0.15, 0.2) is 0 Å². The van der Waals surface area contributed by atoms with E-state index in [1.165, 1.54) is 6.42 Å². The van der Waals surface area contributed by atoms with Crippen LogP contribution in [0.3, 0.4) is 0 Å². The van der Waals surface area contributed by atoms with Crippen LogP contribution in [0.25, 0.3) is 10.9 Å². The van der Waals surface area contributed by atoms with Crippen LogP contribution >= 0.6 is 11.6 Å². The number of fused-ring (bicyclic) bond motifs is 1. The van der Waals surface area contributed by atoms with Crippen LogP contribution < -0.4 is 5.32 Å². The molecule has 1 saturated carbocycles. The first-order chi connectivity index (χ1) is 9.24. The monoisotopic (exact) mass is 276 g/mol. The molecule has 4 heteroatoms. The zero-order valence-corrected chi connectivity index (χ0v) is 11.5. The Kier molecular flexibility index (Phi) is 3.44. The molecular formula is C15H17ClN2O. The Bertz CT molecular complexity index is 590. The molecule has 19 heavy (non-hydrogen) atoms. The van der Waals surface area contributed by atoms with Gasteiger partial charge in [0.25, 0.3) is 0 Å². The SMILES string of the molecule is OCC1(NCc2ccc(Cl)c3cccnc23)CCC1. The van der Waals surface area contributed by atoms with Crippen LogP contribution in [0.15, 0.2) is 30.5 Å². The third-order valence-corrected chi connectivity index (χ3v) is 4.40. The molecular weight excluding hydrogens is 260 g/mol. The Morgan fingerprint density at radius 3 is 2.84 bits per heavy atom. The highest BCUT2D eigenvalue weighted by atomic mass is 35.5. The minimum Gasteiger partial charge on any atom is -0.394 e. The first kappa shape index (κ1) is 12.9. The van der Waals surface area contributed by atoms with Crippen molar-refractivity contribution in [3.05, 3.63) is 41.0 Å². The second kappa shape index (κ2) is 5.08. The number of rotatable bonds is 4. The summed E-state index contributed by atoms with van der Waals surface area (Å²) in [6.45, 7) is 0.914. The van der Waals surface area contributed by atoms with E-state index in [4.69, 9.17) is 11.6 Å². The summed E-state index contributed by atoms with van der Waals surface area (Å²) in [4.78, 5) is 4.43. The highest BCUT2D eigenvalue weighted by Gasteiger charge is 2.35. The predicted molar refractivity (Wildman–Crippen MR) is 77.3 cm³/mol. The van der Waals surface area contributed by atoms with Gasteiger partial charge >= 0.3 is 0 Å². The number of nitrogens with one attached hydrogen (secondary N) is 1. The number of halogens is 1. The lowest BCUT2D eigenvalue weighted by atomic mass is 9.77. The summed E-state index contributed by atoms with van der Waals surface area (Å²) in [6, 6.07) is 7.80. The van der Waals surface area contributed by atoms with E-state index in [0.29, 0.717) is 6.54 Å². The largest absolute Gasteiger partial charge is 0.394 e. The van der Waals surface area contributed by atoms with Crippen LogP contribution in [0.5, 0.6) is 0 Å². The third kappa shape index (κ3) is 2.34. The van der Waals surface area contributed by atoms with E-state index in [2.05, 4.69) is 10.3 Å². The lowest BCUT2D eigenvalue weighted by Gasteiger charge is -2.41. The van der Waals surface area contributed by atoms with E-state index >= 15 is 0 Å². The smallest absolute Gasteiger partial charge is 0.0761 e. The number of nitrogens with zero attached hydrogens (tertiary/aromatic N) is 1. The van der Waals surface area contributed by atoms with Crippen molar-refractivity contribution in [3.63, 3.8) is 0 Å². The summed E-state index contributed by atoms with van der Waals surface area (Å²) in [6.07, 6.45) is 5.06. The van der Waals surface area contributed by atoms with E-state index in [0.717, 1.165) is 34.3 Å². The Hall–Kier alpha value is -1.16. The number of aliphatic hydroxyl groups excluding tert-OH is 1. The van der Waals surface area contributed by atoms with Gasteiger partial charge in [-0.25, -0.2) is 0 Å². The summed E-state index contributed by atoms with van der Waals surface area (Å²) in [5, 5.41) is 14.7. The van der Waals surface area contributed by atoms with Crippen LogP contribution in [0.4, 0.5) is 0 Å². The van der Waals surface area contributed by atoms with Gasteiger partial charge in [-0.05, 0) is 43.0 Å². The average molecular weight is 277 g/mol. The molecule has 1 heterocycles. The Balaban J connectivity index is 1.87. The summed E-state index contributed by atoms with van der Waals surface area (Å²) in [5.74, 6) is 0. The molecule has 0 saturated heterocycles. The molecule has 1 aromatic carbocycles. The number of hydrogen-bond acceptors (Lipinski definition) is 3. The van der Waals surface area contributed by atoms with E-state index in [1.54, 1.807) is 6.20 Å². The molecule has 0 aliphatic heterocycles. The molecule has 1 aromatic heterocycles. The van der Waals surface area contributed by atoms with E-state index in [1.807, 2.05) is 24.3 Å². The molecule has 0 unspecified atom stereocenters. The molecule has 0 radical (unpaired) electrons. The molecule has 3 rings (SSSR count). The molecule has 1 aliphatic rings.